The summed E-state index contributed by atoms with van der Waals surface area (Å²) in [6.07, 6.45) is 2.94. The SMILES string of the molecule is COc1ncc(NC(=O)c2cnc3ccccc3n2)c(N(C)C)n1. The normalized spacial score (nSPS) is 10.5. The van der Waals surface area contributed by atoms with E-state index in [1.54, 1.807) is 11.0 Å². The predicted octanol–water partition coefficient (Wildman–Crippen LogP) is 1.75. The van der Waals surface area contributed by atoms with Crippen molar-refractivity contribution in [2.45, 2.75) is 0 Å². The molecule has 0 aliphatic rings. The molecule has 122 valence electrons. The Morgan fingerprint density at radius 3 is 2.54 bits per heavy atom. The summed E-state index contributed by atoms with van der Waals surface area (Å²) in [7, 11) is 5.11. The molecule has 3 aromatic rings. The van der Waals surface area contributed by atoms with E-state index >= 15 is 0 Å². The van der Waals surface area contributed by atoms with Crippen LogP contribution in [0.2, 0.25) is 0 Å². The van der Waals surface area contributed by atoms with Crippen LogP contribution in [0.4, 0.5) is 11.5 Å². The molecule has 8 heteroatoms. The molecule has 2 heterocycles. The second-order valence-corrected chi connectivity index (χ2v) is 5.19. The minimum absolute atomic E-state index is 0.217. The van der Waals surface area contributed by atoms with Crippen molar-refractivity contribution in [1.82, 2.24) is 19.9 Å². The minimum Gasteiger partial charge on any atom is -0.467 e. The van der Waals surface area contributed by atoms with Crippen molar-refractivity contribution in [1.29, 1.82) is 0 Å². The first kappa shape index (κ1) is 15.6. The Hall–Kier alpha value is -3.29. The van der Waals surface area contributed by atoms with Crippen LogP contribution in [0.1, 0.15) is 10.5 Å². The van der Waals surface area contributed by atoms with Gasteiger partial charge in [0.25, 0.3) is 5.91 Å². The molecular weight excluding hydrogens is 308 g/mol. The number of para-hydroxylation sites is 2. The van der Waals surface area contributed by atoms with E-state index in [0.717, 1.165) is 5.52 Å². The first-order valence-electron chi connectivity index (χ1n) is 7.20. The van der Waals surface area contributed by atoms with Gasteiger partial charge in [0.15, 0.2) is 5.82 Å². The number of aromatic nitrogens is 4. The van der Waals surface area contributed by atoms with Crippen LogP contribution in [0.5, 0.6) is 6.01 Å². The van der Waals surface area contributed by atoms with Gasteiger partial charge in [0.2, 0.25) is 0 Å². The lowest BCUT2D eigenvalue weighted by atomic mass is 10.3. The summed E-state index contributed by atoms with van der Waals surface area (Å²) in [6.45, 7) is 0. The van der Waals surface area contributed by atoms with Crippen LogP contribution >= 0.6 is 0 Å². The van der Waals surface area contributed by atoms with E-state index < -0.39 is 0 Å². The maximum Gasteiger partial charge on any atom is 0.318 e. The number of benzene rings is 1. The first-order chi connectivity index (χ1) is 11.6. The summed E-state index contributed by atoms with van der Waals surface area (Å²) >= 11 is 0. The van der Waals surface area contributed by atoms with E-state index in [4.69, 9.17) is 4.74 Å². The highest BCUT2D eigenvalue weighted by Gasteiger charge is 2.15. The Morgan fingerprint density at radius 2 is 1.83 bits per heavy atom. The summed E-state index contributed by atoms with van der Waals surface area (Å²) in [5, 5.41) is 2.76. The lowest BCUT2D eigenvalue weighted by molar-refractivity contribution is 0.102. The molecule has 2 aromatic heterocycles. The van der Waals surface area contributed by atoms with Gasteiger partial charge in [-0.05, 0) is 12.1 Å². The predicted molar refractivity (Wildman–Crippen MR) is 90.4 cm³/mol. The average molecular weight is 324 g/mol. The van der Waals surface area contributed by atoms with E-state index in [0.29, 0.717) is 17.0 Å². The zero-order chi connectivity index (χ0) is 17.1. The number of hydrogen-bond donors (Lipinski definition) is 1. The minimum atomic E-state index is -0.384. The topological polar surface area (TPSA) is 93.1 Å². The molecular formula is C16H16N6O2. The number of fused-ring (bicyclic) bond motifs is 1. The zero-order valence-corrected chi connectivity index (χ0v) is 13.5. The highest BCUT2D eigenvalue weighted by atomic mass is 16.5. The molecule has 0 unspecified atom stereocenters. The fourth-order valence-corrected chi connectivity index (χ4v) is 2.14. The lowest BCUT2D eigenvalue weighted by Gasteiger charge is -2.16. The van der Waals surface area contributed by atoms with Crippen molar-refractivity contribution in [3.05, 3.63) is 42.4 Å². The molecule has 1 aromatic carbocycles. The smallest absolute Gasteiger partial charge is 0.318 e. The molecule has 0 atom stereocenters. The molecule has 0 spiro atoms. The molecule has 3 rings (SSSR count). The van der Waals surface area contributed by atoms with Crippen molar-refractivity contribution in [2.24, 2.45) is 0 Å². The Kier molecular flexibility index (Phi) is 4.19. The van der Waals surface area contributed by atoms with Crippen LogP contribution < -0.4 is 15.0 Å². The second kappa shape index (κ2) is 6.45. The molecule has 24 heavy (non-hydrogen) atoms. The van der Waals surface area contributed by atoms with Gasteiger partial charge in [-0.2, -0.15) is 4.98 Å². The second-order valence-electron chi connectivity index (χ2n) is 5.19. The van der Waals surface area contributed by atoms with Gasteiger partial charge in [0, 0.05) is 14.1 Å². The number of nitrogens with zero attached hydrogens (tertiary/aromatic N) is 5. The first-order valence-corrected chi connectivity index (χ1v) is 7.20. The Balaban J connectivity index is 1.90. The van der Waals surface area contributed by atoms with Gasteiger partial charge in [-0.1, -0.05) is 12.1 Å². The zero-order valence-electron chi connectivity index (χ0n) is 13.5. The Labute approximate surface area is 138 Å². The van der Waals surface area contributed by atoms with Crippen molar-refractivity contribution in [3.8, 4) is 6.01 Å². The summed E-state index contributed by atoms with van der Waals surface area (Å²) in [5.74, 6) is 0.147. The number of anilines is 2. The summed E-state index contributed by atoms with van der Waals surface area (Å²) in [4.78, 5) is 31.0. The van der Waals surface area contributed by atoms with Crippen LogP contribution in [-0.4, -0.2) is 47.0 Å². The fourth-order valence-electron chi connectivity index (χ4n) is 2.14. The van der Waals surface area contributed by atoms with Crippen LogP contribution in [0.15, 0.2) is 36.7 Å². The van der Waals surface area contributed by atoms with Gasteiger partial charge in [0.05, 0.1) is 30.5 Å². The van der Waals surface area contributed by atoms with Gasteiger partial charge in [0.1, 0.15) is 11.4 Å². The third-order valence-electron chi connectivity index (χ3n) is 3.28. The number of methoxy groups -OCH3 is 1. The number of carbonyl (C=O) groups is 1. The molecule has 0 bridgehead atoms. The number of nitrogens with one attached hydrogen (secondary N) is 1. The number of ether oxygens (including phenoxy) is 1. The molecule has 1 amide bonds. The van der Waals surface area contributed by atoms with E-state index in [2.05, 4.69) is 25.3 Å². The standard InChI is InChI=1S/C16H16N6O2/c1-22(2)14-12(8-18-16(21-14)24-3)20-15(23)13-9-17-10-6-4-5-7-11(10)19-13/h4-9H,1-3H3,(H,20,23). The van der Waals surface area contributed by atoms with Crippen LogP contribution in [0.3, 0.4) is 0 Å². The molecule has 0 aliphatic carbocycles. The molecule has 8 nitrogen and oxygen atoms in total. The monoisotopic (exact) mass is 324 g/mol. The van der Waals surface area contributed by atoms with E-state index in [1.807, 2.05) is 32.3 Å². The van der Waals surface area contributed by atoms with Crippen LogP contribution in [0.25, 0.3) is 11.0 Å². The van der Waals surface area contributed by atoms with Gasteiger partial charge in [-0.25, -0.2) is 9.97 Å². The molecule has 0 saturated carbocycles. The average Bonchev–Trinajstić information content (AvgIpc) is 2.61. The maximum atomic E-state index is 12.5. The Bertz CT molecular complexity index is 897. The highest BCUT2D eigenvalue weighted by Crippen LogP contribution is 2.23. The molecule has 0 saturated heterocycles. The van der Waals surface area contributed by atoms with Crippen molar-refractivity contribution in [2.75, 3.05) is 31.4 Å². The van der Waals surface area contributed by atoms with Gasteiger partial charge >= 0.3 is 6.01 Å². The van der Waals surface area contributed by atoms with Crippen LogP contribution in [-0.2, 0) is 0 Å². The highest BCUT2D eigenvalue weighted by molar-refractivity contribution is 6.04. The molecule has 0 fully saturated rings. The molecule has 1 N–H and O–H groups in total. The third-order valence-corrected chi connectivity index (χ3v) is 3.28. The van der Waals surface area contributed by atoms with Gasteiger partial charge < -0.3 is 15.0 Å². The Morgan fingerprint density at radius 1 is 1.08 bits per heavy atom. The number of amides is 1. The fraction of sp³-hybridized carbons (Fsp3) is 0.188. The van der Waals surface area contributed by atoms with E-state index in [1.165, 1.54) is 19.5 Å². The largest absolute Gasteiger partial charge is 0.467 e. The number of rotatable bonds is 4. The van der Waals surface area contributed by atoms with Crippen molar-refractivity contribution >= 4 is 28.4 Å². The lowest BCUT2D eigenvalue weighted by Crippen LogP contribution is -2.19. The van der Waals surface area contributed by atoms with Gasteiger partial charge in [-0.3, -0.25) is 9.78 Å². The summed E-state index contributed by atoms with van der Waals surface area (Å²) in [5.41, 5.74) is 2.06. The molecule has 0 aliphatic heterocycles. The summed E-state index contributed by atoms with van der Waals surface area (Å²) in [6, 6.07) is 7.59. The van der Waals surface area contributed by atoms with E-state index in [9.17, 15) is 4.79 Å². The number of hydrogen-bond acceptors (Lipinski definition) is 7. The third kappa shape index (κ3) is 3.07. The van der Waals surface area contributed by atoms with Gasteiger partial charge in [-0.15, -0.1) is 0 Å². The van der Waals surface area contributed by atoms with E-state index in [-0.39, 0.29) is 17.6 Å². The summed E-state index contributed by atoms with van der Waals surface area (Å²) < 4.78 is 5.01. The quantitative estimate of drug-likeness (QED) is 0.781. The molecule has 0 radical (unpaired) electrons. The number of carbonyl (C=O) groups excluding carboxylic acids is 1. The maximum absolute atomic E-state index is 12.5. The van der Waals surface area contributed by atoms with Crippen molar-refractivity contribution < 1.29 is 9.53 Å². The van der Waals surface area contributed by atoms with Crippen molar-refractivity contribution in [3.63, 3.8) is 0 Å². The van der Waals surface area contributed by atoms with Crippen LogP contribution in [0, 0.1) is 0 Å².